The second kappa shape index (κ2) is 13.1. The Bertz CT molecular complexity index is 2790. The largest absolute Gasteiger partial charge is 0.456 e. The molecule has 0 saturated carbocycles. The minimum atomic E-state index is -0.390. The van der Waals surface area contributed by atoms with Crippen molar-refractivity contribution in [1.82, 2.24) is 10.6 Å². The fraction of sp³-hybridized carbons (Fsp3) is 0.0408. The summed E-state index contributed by atoms with van der Waals surface area (Å²) in [5.74, 6) is 0.833. The molecule has 1 aliphatic rings. The van der Waals surface area contributed by atoms with Crippen LogP contribution >= 0.6 is 0 Å². The van der Waals surface area contributed by atoms with Crippen LogP contribution in [0.3, 0.4) is 0 Å². The van der Waals surface area contributed by atoms with E-state index in [1.165, 1.54) is 33.0 Å². The van der Waals surface area contributed by atoms with Gasteiger partial charge in [-0.1, -0.05) is 158 Å². The van der Waals surface area contributed by atoms with E-state index in [9.17, 15) is 0 Å². The Balaban J connectivity index is 1.17. The molecule has 53 heavy (non-hydrogen) atoms. The monoisotopic (exact) mass is 681 g/mol. The van der Waals surface area contributed by atoms with Gasteiger partial charge in [0, 0.05) is 21.9 Å². The summed E-state index contributed by atoms with van der Waals surface area (Å²) in [5.41, 5.74) is 11.9. The highest BCUT2D eigenvalue weighted by molar-refractivity contribution is 6.09. The quantitative estimate of drug-likeness (QED) is 0.184. The molecule has 9 aromatic rings. The molecular formula is C49H35N3O. The third-order valence-electron chi connectivity index (χ3n) is 10.4. The Labute approximate surface area is 308 Å². The first kappa shape index (κ1) is 31.0. The van der Waals surface area contributed by atoms with Crippen molar-refractivity contribution in [2.45, 2.75) is 12.3 Å². The van der Waals surface area contributed by atoms with E-state index >= 15 is 0 Å². The van der Waals surface area contributed by atoms with E-state index in [0.717, 1.165) is 55.6 Å². The molecule has 4 heteroatoms. The van der Waals surface area contributed by atoms with Crippen LogP contribution in [0.5, 0.6) is 0 Å². The lowest BCUT2D eigenvalue weighted by Gasteiger charge is -2.33. The summed E-state index contributed by atoms with van der Waals surface area (Å²) < 4.78 is 6.55. The summed E-state index contributed by atoms with van der Waals surface area (Å²) in [4.78, 5) is 5.51. The molecule has 1 aliphatic heterocycles. The molecule has 2 unspecified atom stereocenters. The van der Waals surface area contributed by atoms with Crippen molar-refractivity contribution in [3.05, 3.63) is 205 Å². The van der Waals surface area contributed by atoms with Gasteiger partial charge < -0.3 is 9.73 Å². The van der Waals surface area contributed by atoms with Gasteiger partial charge in [-0.25, -0.2) is 4.99 Å². The van der Waals surface area contributed by atoms with E-state index in [2.05, 4.69) is 187 Å². The van der Waals surface area contributed by atoms with Gasteiger partial charge in [0.2, 0.25) is 0 Å². The van der Waals surface area contributed by atoms with Crippen molar-refractivity contribution in [1.29, 1.82) is 0 Å². The summed E-state index contributed by atoms with van der Waals surface area (Å²) in [6, 6.07) is 66.4. The number of benzene rings is 8. The minimum absolute atomic E-state index is 0.246. The highest BCUT2D eigenvalue weighted by Crippen LogP contribution is 2.40. The number of hydrogen-bond acceptors (Lipinski definition) is 4. The molecule has 2 atom stereocenters. The van der Waals surface area contributed by atoms with Crippen LogP contribution in [0.2, 0.25) is 0 Å². The molecule has 2 heterocycles. The van der Waals surface area contributed by atoms with E-state index in [0.29, 0.717) is 0 Å². The SMILES string of the molecule is c1ccc(-c2ccc3ccc(C4=NC(c5cc(-c6ccccc6)cc6oc7ccccc7c56)NC(c5ccccc5-c5ccccc5)N4)cc3c2)cc1. The normalized spacial score (nSPS) is 15.7. The van der Waals surface area contributed by atoms with Crippen molar-refractivity contribution < 1.29 is 4.42 Å². The number of hydrogen-bond donors (Lipinski definition) is 2. The second-order valence-electron chi connectivity index (χ2n) is 13.6. The van der Waals surface area contributed by atoms with Crippen molar-refractivity contribution in [3.8, 4) is 33.4 Å². The van der Waals surface area contributed by atoms with Gasteiger partial charge in [-0.2, -0.15) is 0 Å². The topological polar surface area (TPSA) is 49.6 Å². The van der Waals surface area contributed by atoms with Gasteiger partial charge in [0.05, 0.1) is 0 Å². The number of nitrogens with zero attached hydrogens (tertiary/aromatic N) is 1. The maximum atomic E-state index is 6.55. The van der Waals surface area contributed by atoms with Gasteiger partial charge in [0.25, 0.3) is 0 Å². The number of furan rings is 1. The predicted octanol–water partition coefficient (Wildman–Crippen LogP) is 12.1. The molecule has 0 fully saturated rings. The average molecular weight is 682 g/mol. The van der Waals surface area contributed by atoms with Crippen LogP contribution in [0.25, 0.3) is 66.1 Å². The summed E-state index contributed by atoms with van der Waals surface area (Å²) >= 11 is 0. The number of nitrogens with one attached hydrogen (secondary N) is 2. The summed E-state index contributed by atoms with van der Waals surface area (Å²) in [6.45, 7) is 0. The average Bonchev–Trinajstić information content (AvgIpc) is 3.62. The minimum Gasteiger partial charge on any atom is -0.456 e. The molecule has 0 spiro atoms. The maximum Gasteiger partial charge on any atom is 0.136 e. The highest BCUT2D eigenvalue weighted by Gasteiger charge is 2.30. The first-order valence-corrected chi connectivity index (χ1v) is 18.1. The Morgan fingerprint density at radius 2 is 1.06 bits per heavy atom. The van der Waals surface area contributed by atoms with E-state index in [1.807, 2.05) is 12.1 Å². The second-order valence-corrected chi connectivity index (χ2v) is 13.6. The third-order valence-corrected chi connectivity index (χ3v) is 10.4. The smallest absolute Gasteiger partial charge is 0.136 e. The first-order valence-electron chi connectivity index (χ1n) is 18.1. The zero-order valence-electron chi connectivity index (χ0n) is 28.9. The molecule has 4 nitrogen and oxygen atoms in total. The van der Waals surface area contributed by atoms with E-state index in [-0.39, 0.29) is 6.17 Å². The maximum absolute atomic E-state index is 6.55. The fourth-order valence-electron chi connectivity index (χ4n) is 7.76. The van der Waals surface area contributed by atoms with Crippen LogP contribution in [0, 0.1) is 0 Å². The van der Waals surface area contributed by atoms with Crippen molar-refractivity contribution in [2.24, 2.45) is 4.99 Å². The standard InChI is InChI=1S/C49H35N3O/c1-4-14-32(15-5-1)36-26-24-34-25-27-37(29-38(34)28-36)47-50-48(41-21-11-10-20-40(41)35-18-8-3-9-19-35)52-49(51-47)43-30-39(33-16-6-2-7-17-33)31-45-46(43)42-22-12-13-23-44(42)53-45/h1-31,48-49,52H,(H,50,51). The zero-order chi connectivity index (χ0) is 35.1. The van der Waals surface area contributed by atoms with Gasteiger partial charge in [0.1, 0.15) is 29.3 Å². The number of para-hydroxylation sites is 1. The number of rotatable bonds is 6. The Hall–Kier alpha value is -6.75. The van der Waals surface area contributed by atoms with Crippen LogP contribution in [-0.4, -0.2) is 5.84 Å². The van der Waals surface area contributed by atoms with Gasteiger partial charge in [0.15, 0.2) is 0 Å². The molecule has 0 amide bonds. The third kappa shape index (κ3) is 5.76. The van der Waals surface area contributed by atoms with Gasteiger partial charge in [-0.15, -0.1) is 0 Å². The fourth-order valence-corrected chi connectivity index (χ4v) is 7.76. The molecule has 8 aromatic carbocycles. The summed E-state index contributed by atoms with van der Waals surface area (Å²) in [5, 5.41) is 12.3. The van der Waals surface area contributed by atoms with Gasteiger partial charge in [-0.3, -0.25) is 5.32 Å². The van der Waals surface area contributed by atoms with Crippen molar-refractivity contribution >= 4 is 38.5 Å². The molecule has 0 bridgehead atoms. The lowest BCUT2D eigenvalue weighted by molar-refractivity contribution is 0.411. The molecule has 0 aliphatic carbocycles. The molecular weight excluding hydrogens is 647 g/mol. The summed E-state index contributed by atoms with van der Waals surface area (Å²) in [6.07, 6.45) is -0.637. The molecule has 10 rings (SSSR count). The molecule has 0 saturated heterocycles. The first-order chi connectivity index (χ1) is 26.2. The van der Waals surface area contributed by atoms with Crippen LogP contribution in [0.4, 0.5) is 0 Å². The van der Waals surface area contributed by atoms with E-state index in [4.69, 9.17) is 9.41 Å². The lowest BCUT2D eigenvalue weighted by atomic mass is 9.94. The van der Waals surface area contributed by atoms with E-state index < -0.39 is 6.17 Å². The Morgan fingerprint density at radius 3 is 1.83 bits per heavy atom. The number of aliphatic imine (C=N–C) groups is 1. The van der Waals surface area contributed by atoms with Crippen LogP contribution < -0.4 is 10.6 Å². The zero-order valence-corrected chi connectivity index (χ0v) is 28.9. The van der Waals surface area contributed by atoms with Crippen molar-refractivity contribution in [3.63, 3.8) is 0 Å². The number of amidine groups is 1. The lowest BCUT2D eigenvalue weighted by Crippen LogP contribution is -2.45. The van der Waals surface area contributed by atoms with Crippen molar-refractivity contribution in [2.75, 3.05) is 0 Å². The molecule has 2 N–H and O–H groups in total. The van der Waals surface area contributed by atoms with E-state index in [1.54, 1.807) is 0 Å². The number of fused-ring (bicyclic) bond motifs is 4. The molecule has 1 aromatic heterocycles. The Kier molecular flexibility index (Phi) is 7.67. The highest BCUT2D eigenvalue weighted by atomic mass is 16.3. The summed E-state index contributed by atoms with van der Waals surface area (Å²) in [7, 11) is 0. The molecule has 0 radical (unpaired) electrons. The van der Waals surface area contributed by atoms with Crippen LogP contribution in [0.1, 0.15) is 29.0 Å². The van der Waals surface area contributed by atoms with Gasteiger partial charge >= 0.3 is 0 Å². The Morgan fingerprint density at radius 1 is 0.434 bits per heavy atom. The van der Waals surface area contributed by atoms with Crippen LogP contribution in [0.15, 0.2) is 197 Å². The van der Waals surface area contributed by atoms with Gasteiger partial charge in [-0.05, 0) is 80.0 Å². The molecule has 252 valence electrons. The predicted molar refractivity (Wildman–Crippen MR) is 219 cm³/mol. The van der Waals surface area contributed by atoms with Crippen LogP contribution in [-0.2, 0) is 0 Å².